The first-order chi connectivity index (χ1) is 8.61. The summed E-state index contributed by atoms with van der Waals surface area (Å²) in [6.07, 6.45) is 0. The monoisotopic (exact) mass is 365 g/mol. The summed E-state index contributed by atoms with van der Waals surface area (Å²) in [5.74, 6) is 0. The molecule has 1 atom stereocenters. The molecule has 0 spiro atoms. The van der Waals surface area contributed by atoms with Gasteiger partial charge in [0.15, 0.2) is 0 Å². The van der Waals surface area contributed by atoms with Crippen molar-refractivity contribution < 1.29 is 0 Å². The van der Waals surface area contributed by atoms with Gasteiger partial charge in [0.1, 0.15) is 4.34 Å². The molecule has 0 aliphatic carbocycles. The van der Waals surface area contributed by atoms with E-state index < -0.39 is 0 Å². The van der Waals surface area contributed by atoms with Crippen molar-refractivity contribution in [3.8, 4) is 0 Å². The Balaban J connectivity index is 2.12. The van der Waals surface area contributed by atoms with Gasteiger partial charge in [0.25, 0.3) is 0 Å². The predicted octanol–water partition coefficient (Wildman–Crippen LogP) is 3.75. The highest BCUT2D eigenvalue weighted by Gasteiger charge is 2.19. The summed E-state index contributed by atoms with van der Waals surface area (Å²) in [6.45, 7) is 1.35. The molecule has 2 aromatic rings. The van der Waals surface area contributed by atoms with E-state index in [9.17, 15) is 0 Å². The largest absolute Gasteiger partial charge is 0.329 e. The molecule has 2 N–H and O–H groups in total. The van der Waals surface area contributed by atoms with E-state index in [-0.39, 0.29) is 6.04 Å². The number of rotatable bonds is 5. The van der Waals surface area contributed by atoms with E-state index >= 15 is 0 Å². The predicted molar refractivity (Wildman–Crippen MR) is 82.4 cm³/mol. The van der Waals surface area contributed by atoms with E-state index in [2.05, 4.69) is 38.2 Å². The van der Waals surface area contributed by atoms with Crippen molar-refractivity contribution in [3.63, 3.8) is 0 Å². The summed E-state index contributed by atoms with van der Waals surface area (Å²) in [4.78, 5) is 7.66. The van der Waals surface area contributed by atoms with Gasteiger partial charge in [-0.05, 0) is 29.0 Å². The molecule has 2 rings (SSSR count). The molecule has 0 aliphatic heterocycles. The Morgan fingerprint density at radius 3 is 2.89 bits per heavy atom. The zero-order valence-corrected chi connectivity index (χ0v) is 13.7. The summed E-state index contributed by atoms with van der Waals surface area (Å²) in [5, 5.41) is 2.06. The van der Waals surface area contributed by atoms with Gasteiger partial charge in [-0.1, -0.05) is 11.6 Å². The van der Waals surface area contributed by atoms with Crippen molar-refractivity contribution in [1.29, 1.82) is 0 Å². The van der Waals surface area contributed by atoms with Crippen LogP contribution >= 0.6 is 50.2 Å². The van der Waals surface area contributed by atoms with E-state index in [1.54, 1.807) is 22.7 Å². The van der Waals surface area contributed by atoms with Crippen LogP contribution < -0.4 is 5.73 Å². The Bertz CT molecular complexity index is 481. The number of aromatic nitrogens is 1. The number of hydrogen-bond acceptors (Lipinski definition) is 5. The van der Waals surface area contributed by atoms with Crippen molar-refractivity contribution in [2.45, 2.75) is 12.6 Å². The molecule has 0 aromatic carbocycles. The third-order valence-corrected chi connectivity index (χ3v) is 5.85. The molecule has 0 fully saturated rings. The molecular formula is C11H13BrClN3S2. The smallest absolute Gasteiger partial charge is 0.107 e. The lowest BCUT2D eigenvalue weighted by Gasteiger charge is -2.25. The van der Waals surface area contributed by atoms with Gasteiger partial charge in [-0.2, -0.15) is 0 Å². The third-order valence-electron chi connectivity index (χ3n) is 2.64. The lowest BCUT2D eigenvalue weighted by Crippen LogP contribution is -2.29. The van der Waals surface area contributed by atoms with Gasteiger partial charge in [0.2, 0.25) is 0 Å². The van der Waals surface area contributed by atoms with E-state index in [0.717, 1.165) is 21.0 Å². The molecule has 0 amide bonds. The van der Waals surface area contributed by atoms with Crippen LogP contribution in [0.5, 0.6) is 0 Å². The Kier molecular flexibility index (Phi) is 5.17. The third kappa shape index (κ3) is 3.31. The van der Waals surface area contributed by atoms with Crippen LogP contribution in [0.25, 0.3) is 0 Å². The fraction of sp³-hybridized carbons (Fsp3) is 0.364. The van der Waals surface area contributed by atoms with E-state index in [0.29, 0.717) is 6.54 Å². The van der Waals surface area contributed by atoms with Crippen LogP contribution in [0.3, 0.4) is 0 Å². The fourth-order valence-electron chi connectivity index (χ4n) is 1.72. The number of nitrogens with zero attached hydrogens (tertiary/aromatic N) is 2. The number of nitrogens with two attached hydrogens (primary N) is 1. The van der Waals surface area contributed by atoms with E-state index in [1.807, 2.05) is 11.6 Å². The Hall–Kier alpha value is 0.0200. The maximum atomic E-state index is 6.08. The van der Waals surface area contributed by atoms with Gasteiger partial charge in [-0.3, -0.25) is 4.90 Å². The van der Waals surface area contributed by atoms with Gasteiger partial charge < -0.3 is 5.73 Å². The lowest BCUT2D eigenvalue weighted by molar-refractivity contribution is 0.243. The minimum absolute atomic E-state index is 0.167. The standard InChI is InChI=1S/C11H13BrClN3S2/c1-16(4-7-5-17-6-15-7)9(3-14)10-2-8(12)11(13)18-10/h2,5-6,9H,3-4,14H2,1H3. The van der Waals surface area contributed by atoms with Crippen molar-refractivity contribution in [1.82, 2.24) is 9.88 Å². The maximum Gasteiger partial charge on any atom is 0.107 e. The second kappa shape index (κ2) is 6.45. The summed E-state index contributed by atoms with van der Waals surface area (Å²) in [5.41, 5.74) is 8.80. The molecule has 2 aromatic heterocycles. The van der Waals surface area contributed by atoms with Gasteiger partial charge in [0, 0.05) is 27.8 Å². The average Bonchev–Trinajstić information content (AvgIpc) is 2.92. The van der Waals surface area contributed by atoms with Crippen molar-refractivity contribution >= 4 is 50.2 Å². The molecule has 2 heterocycles. The zero-order chi connectivity index (χ0) is 13.1. The second-order valence-corrected chi connectivity index (χ2v) is 7.18. The number of hydrogen-bond donors (Lipinski definition) is 1. The van der Waals surface area contributed by atoms with Gasteiger partial charge in [0.05, 0.1) is 17.2 Å². The minimum Gasteiger partial charge on any atom is -0.329 e. The van der Waals surface area contributed by atoms with Crippen LogP contribution in [0, 0.1) is 0 Å². The molecule has 98 valence electrons. The summed E-state index contributed by atoms with van der Waals surface area (Å²) < 4.78 is 1.70. The lowest BCUT2D eigenvalue weighted by atomic mass is 10.2. The number of likely N-dealkylation sites (N-methyl/N-ethyl adjacent to an activating group) is 1. The molecule has 1 unspecified atom stereocenters. The highest BCUT2D eigenvalue weighted by Crippen LogP contribution is 2.36. The Morgan fingerprint density at radius 1 is 1.61 bits per heavy atom. The fourth-order valence-corrected chi connectivity index (χ4v) is 4.19. The molecule has 0 saturated carbocycles. The first kappa shape index (κ1) is 14.4. The van der Waals surface area contributed by atoms with Gasteiger partial charge in [-0.25, -0.2) is 4.98 Å². The van der Waals surface area contributed by atoms with Gasteiger partial charge >= 0.3 is 0 Å². The molecule has 18 heavy (non-hydrogen) atoms. The molecule has 0 radical (unpaired) electrons. The van der Waals surface area contributed by atoms with Crippen LogP contribution in [-0.4, -0.2) is 23.5 Å². The Labute approximate surface area is 128 Å². The average molecular weight is 367 g/mol. The molecule has 7 heteroatoms. The van der Waals surface area contributed by atoms with Crippen LogP contribution in [0.4, 0.5) is 0 Å². The number of thiazole rings is 1. The van der Waals surface area contributed by atoms with Crippen molar-refractivity contribution in [2.24, 2.45) is 5.73 Å². The molecule has 0 aliphatic rings. The minimum atomic E-state index is 0.167. The maximum absolute atomic E-state index is 6.08. The zero-order valence-electron chi connectivity index (χ0n) is 9.77. The molecule has 0 saturated heterocycles. The van der Waals surface area contributed by atoms with E-state index in [1.165, 1.54) is 4.88 Å². The topological polar surface area (TPSA) is 42.2 Å². The normalized spacial score (nSPS) is 13.2. The SMILES string of the molecule is CN(Cc1cscn1)C(CN)c1cc(Br)c(Cl)s1. The number of thiophene rings is 1. The van der Waals surface area contributed by atoms with Crippen LogP contribution in [0.1, 0.15) is 16.6 Å². The van der Waals surface area contributed by atoms with E-state index in [4.69, 9.17) is 17.3 Å². The van der Waals surface area contributed by atoms with Crippen molar-refractivity contribution in [3.05, 3.63) is 36.3 Å². The quantitative estimate of drug-likeness (QED) is 0.876. The first-order valence-electron chi connectivity index (χ1n) is 5.34. The highest BCUT2D eigenvalue weighted by molar-refractivity contribution is 9.10. The van der Waals surface area contributed by atoms with Crippen molar-refractivity contribution in [2.75, 3.05) is 13.6 Å². The Morgan fingerprint density at radius 2 is 2.39 bits per heavy atom. The van der Waals surface area contributed by atoms with Crippen LogP contribution in [0.2, 0.25) is 4.34 Å². The van der Waals surface area contributed by atoms with Crippen LogP contribution in [0.15, 0.2) is 21.4 Å². The molecular weight excluding hydrogens is 354 g/mol. The van der Waals surface area contributed by atoms with Crippen LogP contribution in [-0.2, 0) is 6.54 Å². The summed E-state index contributed by atoms with van der Waals surface area (Å²) in [6, 6.07) is 2.21. The second-order valence-electron chi connectivity index (χ2n) is 3.92. The molecule has 3 nitrogen and oxygen atoms in total. The first-order valence-corrected chi connectivity index (χ1v) is 8.27. The summed E-state index contributed by atoms with van der Waals surface area (Å²) in [7, 11) is 2.05. The number of halogens is 2. The molecule has 0 bridgehead atoms. The summed E-state index contributed by atoms with van der Waals surface area (Å²) >= 11 is 12.7. The van der Waals surface area contributed by atoms with Gasteiger partial charge in [-0.15, -0.1) is 22.7 Å². The highest BCUT2D eigenvalue weighted by atomic mass is 79.9.